The van der Waals surface area contributed by atoms with Crippen molar-refractivity contribution in [3.63, 3.8) is 0 Å². The molecule has 0 unspecified atom stereocenters. The van der Waals surface area contributed by atoms with Crippen LogP contribution < -0.4 is 0 Å². The Hall–Kier alpha value is -1.54. The summed E-state index contributed by atoms with van der Waals surface area (Å²) < 4.78 is 0. The minimum absolute atomic E-state index is 0.142. The van der Waals surface area contributed by atoms with Gasteiger partial charge < -0.3 is 20.4 Å². The van der Waals surface area contributed by atoms with Crippen LogP contribution in [0.1, 0.15) is 32.1 Å². The quantitative estimate of drug-likeness (QED) is 0.346. The molecule has 16 heavy (non-hydrogen) atoms. The van der Waals surface area contributed by atoms with Gasteiger partial charge in [-0.1, -0.05) is 19.3 Å². The van der Waals surface area contributed by atoms with E-state index in [4.69, 9.17) is 35.3 Å². The number of carbonyl (C=O) groups is 2. The van der Waals surface area contributed by atoms with Gasteiger partial charge in [-0.15, -0.1) is 0 Å². The topological polar surface area (TPSA) is 145 Å². The summed E-state index contributed by atoms with van der Waals surface area (Å²) in [6.07, 6.45) is 2.28. The fraction of sp³-hybridized carbons (Fsp3) is 0.750. The van der Waals surface area contributed by atoms with Crippen LogP contribution in [0.25, 0.3) is 0 Å². The highest BCUT2D eigenvalue weighted by Crippen LogP contribution is 2.18. The zero-order chi connectivity index (χ0) is 13.0. The molecule has 1 fully saturated rings. The second-order valence-corrected chi connectivity index (χ2v) is 2.93. The van der Waals surface area contributed by atoms with Crippen molar-refractivity contribution in [1.29, 1.82) is 0 Å². The van der Waals surface area contributed by atoms with Crippen LogP contribution in [0.3, 0.4) is 0 Å². The van der Waals surface area contributed by atoms with Gasteiger partial charge in [-0.3, -0.25) is 5.26 Å². The molecule has 1 saturated carbocycles. The van der Waals surface area contributed by atoms with Crippen LogP contribution in [0.15, 0.2) is 0 Å². The predicted molar refractivity (Wildman–Crippen MR) is 51.9 cm³/mol. The highest BCUT2D eigenvalue weighted by Gasteiger charge is 2.12. The van der Waals surface area contributed by atoms with Crippen LogP contribution >= 0.6 is 0 Å². The van der Waals surface area contributed by atoms with Crippen molar-refractivity contribution in [2.75, 3.05) is 0 Å². The van der Waals surface area contributed by atoms with Gasteiger partial charge >= 0.3 is 12.3 Å². The minimum atomic E-state index is -1.83. The normalized spacial score (nSPS) is 14.8. The first-order chi connectivity index (χ1) is 7.40. The van der Waals surface area contributed by atoms with Gasteiger partial charge in [0.15, 0.2) is 0 Å². The van der Waals surface area contributed by atoms with E-state index in [-0.39, 0.29) is 6.10 Å². The molecular formula is C8H16O8. The molecule has 1 rings (SSSR count). The third kappa shape index (κ3) is 22.9. The average Bonchev–Trinajstić information content (AvgIpc) is 2.17. The molecule has 96 valence electrons. The Labute approximate surface area is 91.6 Å². The number of rotatable bonds is 1. The fourth-order valence-electron chi connectivity index (χ4n) is 1.17. The maximum atomic E-state index is 8.56. The lowest BCUT2D eigenvalue weighted by Crippen LogP contribution is -2.14. The second-order valence-electron chi connectivity index (χ2n) is 2.93. The van der Waals surface area contributed by atoms with Crippen molar-refractivity contribution in [3.8, 4) is 0 Å². The molecule has 5 N–H and O–H groups in total. The molecule has 0 aliphatic heterocycles. The Morgan fingerprint density at radius 3 is 1.38 bits per heavy atom. The monoisotopic (exact) mass is 240 g/mol. The van der Waals surface area contributed by atoms with Crippen LogP contribution in [0, 0.1) is 0 Å². The molecule has 8 nitrogen and oxygen atoms in total. The van der Waals surface area contributed by atoms with Gasteiger partial charge in [0, 0.05) is 0 Å². The van der Waals surface area contributed by atoms with E-state index in [1.165, 1.54) is 19.3 Å². The second kappa shape index (κ2) is 11.5. The van der Waals surface area contributed by atoms with Crippen LogP contribution in [0.4, 0.5) is 9.59 Å². The lowest BCUT2D eigenvalue weighted by Gasteiger charge is -2.17. The van der Waals surface area contributed by atoms with Crippen molar-refractivity contribution in [1.82, 2.24) is 0 Å². The summed E-state index contributed by atoms with van der Waals surface area (Å²) >= 11 is 0. The summed E-state index contributed by atoms with van der Waals surface area (Å²) in [5, 5.41) is 36.1. The molecule has 1 aliphatic carbocycles. The molecular weight excluding hydrogens is 224 g/mol. The Kier molecular flexibility index (Phi) is 12.2. The zero-order valence-electron chi connectivity index (χ0n) is 8.57. The van der Waals surface area contributed by atoms with E-state index in [0.717, 1.165) is 12.8 Å². The maximum absolute atomic E-state index is 8.56. The third-order valence-corrected chi connectivity index (χ3v) is 1.70. The standard InChI is InChI=1S/C6H12O2.2CH2O3/c7-8-6-4-2-1-3-5-6;2*2-1(3)4/h6-7H,1-5H2;2*(H2,2,3,4). The van der Waals surface area contributed by atoms with Gasteiger partial charge in [-0.25, -0.2) is 14.5 Å². The predicted octanol–water partition coefficient (Wildman–Crippen LogP) is 2.25. The molecule has 0 bridgehead atoms. The fourth-order valence-corrected chi connectivity index (χ4v) is 1.17. The first-order valence-electron chi connectivity index (χ1n) is 4.54. The summed E-state index contributed by atoms with van der Waals surface area (Å²) in [6, 6.07) is 0. The van der Waals surface area contributed by atoms with Crippen molar-refractivity contribution >= 4 is 12.3 Å². The molecule has 0 spiro atoms. The first-order valence-corrected chi connectivity index (χ1v) is 4.54. The van der Waals surface area contributed by atoms with Gasteiger partial charge in [0.05, 0.1) is 6.10 Å². The molecule has 0 saturated heterocycles. The summed E-state index contributed by atoms with van der Waals surface area (Å²) in [4.78, 5) is 21.3. The highest BCUT2D eigenvalue weighted by molar-refractivity contribution is 5.53. The Morgan fingerprint density at radius 2 is 1.19 bits per heavy atom. The Balaban J connectivity index is 0. The van der Waals surface area contributed by atoms with E-state index in [0.29, 0.717) is 0 Å². The Morgan fingerprint density at radius 1 is 0.875 bits per heavy atom. The summed E-state index contributed by atoms with van der Waals surface area (Å²) in [5.74, 6) is 0. The van der Waals surface area contributed by atoms with Gasteiger partial charge in [0.25, 0.3) is 0 Å². The maximum Gasteiger partial charge on any atom is 0.503 e. The minimum Gasteiger partial charge on any atom is -0.450 e. The number of carboxylic acid groups (broad SMARTS) is 4. The van der Waals surface area contributed by atoms with Crippen LogP contribution in [0.5, 0.6) is 0 Å². The molecule has 1 aliphatic rings. The lowest BCUT2D eigenvalue weighted by atomic mass is 9.98. The lowest BCUT2D eigenvalue weighted by molar-refractivity contribution is -0.283. The van der Waals surface area contributed by atoms with Crippen LogP contribution in [-0.4, -0.2) is 44.1 Å². The highest BCUT2D eigenvalue weighted by atomic mass is 17.1. The zero-order valence-corrected chi connectivity index (χ0v) is 8.57. The molecule has 0 aromatic carbocycles. The van der Waals surface area contributed by atoms with E-state index >= 15 is 0 Å². The van der Waals surface area contributed by atoms with Gasteiger partial charge in [-0.2, -0.15) is 0 Å². The molecule has 0 aromatic rings. The van der Waals surface area contributed by atoms with Crippen molar-refractivity contribution in [2.45, 2.75) is 38.2 Å². The van der Waals surface area contributed by atoms with E-state index in [2.05, 4.69) is 4.89 Å². The van der Waals surface area contributed by atoms with E-state index in [9.17, 15) is 0 Å². The number of hydrogen-bond donors (Lipinski definition) is 5. The molecule has 0 radical (unpaired) electrons. The SMILES string of the molecule is O=C(O)O.O=C(O)O.OOC1CCCCC1. The summed E-state index contributed by atoms with van der Waals surface area (Å²) in [6.45, 7) is 0. The molecule has 0 amide bonds. The van der Waals surface area contributed by atoms with Crippen LogP contribution in [-0.2, 0) is 4.89 Å². The molecule has 0 atom stereocenters. The Bertz CT molecular complexity index is 166. The molecule has 8 heteroatoms. The average molecular weight is 240 g/mol. The van der Waals surface area contributed by atoms with E-state index in [1.54, 1.807) is 0 Å². The number of hydrogen-bond acceptors (Lipinski definition) is 4. The van der Waals surface area contributed by atoms with Gasteiger partial charge in [0.1, 0.15) is 0 Å². The van der Waals surface area contributed by atoms with Crippen LogP contribution in [0.2, 0.25) is 0 Å². The van der Waals surface area contributed by atoms with Crippen molar-refractivity contribution in [2.24, 2.45) is 0 Å². The summed E-state index contributed by atoms with van der Waals surface area (Å²) in [7, 11) is 0. The smallest absolute Gasteiger partial charge is 0.450 e. The molecule has 0 aromatic heterocycles. The van der Waals surface area contributed by atoms with Crippen molar-refractivity contribution in [3.05, 3.63) is 0 Å². The van der Waals surface area contributed by atoms with Gasteiger partial charge in [-0.05, 0) is 12.8 Å². The first kappa shape index (κ1) is 16.9. The largest absolute Gasteiger partial charge is 0.503 e. The van der Waals surface area contributed by atoms with E-state index in [1.807, 2.05) is 0 Å². The molecule has 0 heterocycles. The van der Waals surface area contributed by atoms with Gasteiger partial charge in [0.2, 0.25) is 0 Å². The van der Waals surface area contributed by atoms with Crippen molar-refractivity contribution < 1.29 is 40.2 Å². The summed E-state index contributed by atoms with van der Waals surface area (Å²) in [5.41, 5.74) is 0. The third-order valence-electron chi connectivity index (χ3n) is 1.70. The van der Waals surface area contributed by atoms with E-state index < -0.39 is 12.3 Å².